The van der Waals surface area contributed by atoms with E-state index in [1.54, 1.807) is 37.3 Å². The van der Waals surface area contributed by atoms with Crippen LogP contribution in [-0.4, -0.2) is 18.2 Å². The maximum absolute atomic E-state index is 12.6. The van der Waals surface area contributed by atoms with Gasteiger partial charge in [0.15, 0.2) is 11.9 Å². The molecule has 7 heteroatoms. The summed E-state index contributed by atoms with van der Waals surface area (Å²) >= 11 is 0. The van der Waals surface area contributed by atoms with E-state index in [0.717, 1.165) is 24.3 Å². The lowest BCUT2D eigenvalue weighted by Gasteiger charge is -2.19. The van der Waals surface area contributed by atoms with Crippen molar-refractivity contribution < 1.29 is 27.5 Å². The van der Waals surface area contributed by atoms with Gasteiger partial charge in [-0.2, -0.15) is 13.2 Å². The van der Waals surface area contributed by atoms with Gasteiger partial charge < -0.3 is 10.1 Å². The number of hydrogen-bond donors (Lipinski definition) is 1. The molecule has 26 heavy (non-hydrogen) atoms. The second kappa shape index (κ2) is 8.51. The second-order valence-corrected chi connectivity index (χ2v) is 5.53. The third kappa shape index (κ3) is 5.34. The first-order chi connectivity index (χ1) is 12.3. The average Bonchev–Trinajstić information content (AvgIpc) is 2.64. The van der Waals surface area contributed by atoms with E-state index in [4.69, 9.17) is 4.74 Å². The molecule has 2 aromatic carbocycles. The van der Waals surface area contributed by atoms with Gasteiger partial charge in [-0.05, 0) is 29.8 Å². The Kier molecular flexibility index (Phi) is 6.38. The maximum Gasteiger partial charge on any atom is 0.416 e. The van der Waals surface area contributed by atoms with Gasteiger partial charge in [-0.25, -0.2) is 0 Å². The first-order valence-electron chi connectivity index (χ1n) is 7.99. The number of nitrogens with one attached hydrogen (secondary N) is 1. The van der Waals surface area contributed by atoms with E-state index in [1.165, 1.54) is 0 Å². The summed E-state index contributed by atoms with van der Waals surface area (Å²) in [5.41, 5.74) is -0.259. The predicted molar refractivity (Wildman–Crippen MR) is 89.6 cm³/mol. The summed E-state index contributed by atoms with van der Waals surface area (Å²) in [6.07, 6.45) is -5.24. The highest BCUT2D eigenvalue weighted by atomic mass is 19.4. The molecule has 0 aliphatic rings. The number of ether oxygens (including phenoxy) is 1. The molecule has 1 N–H and O–H groups in total. The van der Waals surface area contributed by atoms with Crippen LogP contribution in [0.4, 0.5) is 13.2 Å². The number of halogens is 3. The zero-order valence-electron chi connectivity index (χ0n) is 14.0. The molecule has 138 valence electrons. The van der Waals surface area contributed by atoms with Gasteiger partial charge in [0.05, 0.1) is 12.1 Å². The van der Waals surface area contributed by atoms with E-state index >= 15 is 0 Å². The highest BCUT2D eigenvalue weighted by molar-refractivity contribution is 5.90. The quantitative estimate of drug-likeness (QED) is 0.809. The van der Waals surface area contributed by atoms with E-state index in [9.17, 15) is 22.8 Å². The SMILES string of the molecule is CCC(=O)NCC(=O)C(Oc1ccc(C(F)(F)F)cc1)c1ccccc1. The molecule has 0 fully saturated rings. The molecule has 0 heterocycles. The summed E-state index contributed by atoms with van der Waals surface area (Å²) in [5, 5.41) is 2.48. The number of ketones is 1. The first kappa shape index (κ1) is 19.5. The largest absolute Gasteiger partial charge is 0.478 e. The van der Waals surface area contributed by atoms with Crippen LogP contribution in [-0.2, 0) is 15.8 Å². The zero-order valence-corrected chi connectivity index (χ0v) is 14.0. The van der Waals surface area contributed by atoms with Crippen LogP contribution in [0.15, 0.2) is 54.6 Å². The van der Waals surface area contributed by atoms with Gasteiger partial charge in [0, 0.05) is 6.42 Å². The zero-order chi connectivity index (χ0) is 19.2. The molecule has 0 saturated heterocycles. The normalized spacial score (nSPS) is 12.3. The number of alkyl halides is 3. The standard InChI is InChI=1S/C19H18F3NO3/c1-2-17(25)23-12-16(24)18(13-6-4-3-5-7-13)26-15-10-8-14(9-11-15)19(20,21)22/h3-11,18H,2,12H2,1H3,(H,23,25). The van der Waals surface area contributed by atoms with Crippen LogP contribution < -0.4 is 10.1 Å². The van der Waals surface area contributed by atoms with Crippen LogP contribution in [0, 0.1) is 0 Å². The molecule has 0 aliphatic carbocycles. The molecule has 1 amide bonds. The molecule has 0 aliphatic heterocycles. The van der Waals surface area contributed by atoms with Crippen molar-refractivity contribution in [2.24, 2.45) is 0 Å². The number of benzene rings is 2. The van der Waals surface area contributed by atoms with Crippen molar-refractivity contribution in [3.63, 3.8) is 0 Å². The summed E-state index contributed by atoms with van der Waals surface area (Å²) in [7, 11) is 0. The van der Waals surface area contributed by atoms with Crippen LogP contribution in [0.1, 0.15) is 30.6 Å². The molecule has 2 aromatic rings. The molecule has 1 atom stereocenters. The van der Waals surface area contributed by atoms with Gasteiger partial charge in [-0.3, -0.25) is 9.59 Å². The van der Waals surface area contributed by atoms with Crippen LogP contribution in [0.5, 0.6) is 5.75 Å². The fourth-order valence-electron chi connectivity index (χ4n) is 2.21. The molecule has 0 saturated carbocycles. The summed E-state index contributed by atoms with van der Waals surface area (Å²) in [6, 6.07) is 12.7. The molecule has 1 unspecified atom stereocenters. The number of carbonyl (C=O) groups is 2. The fraction of sp³-hybridized carbons (Fsp3) is 0.263. The minimum atomic E-state index is -4.45. The lowest BCUT2D eigenvalue weighted by atomic mass is 10.1. The Balaban J connectivity index is 2.19. The van der Waals surface area contributed by atoms with Crippen LogP contribution in [0.2, 0.25) is 0 Å². The Morgan fingerprint density at radius 2 is 1.65 bits per heavy atom. The summed E-state index contributed by atoms with van der Waals surface area (Å²) < 4.78 is 43.6. The third-order valence-corrected chi connectivity index (χ3v) is 3.61. The minimum absolute atomic E-state index is 0.127. The molecule has 0 spiro atoms. The minimum Gasteiger partial charge on any atom is -0.478 e. The van der Waals surface area contributed by atoms with Crippen molar-refractivity contribution in [1.82, 2.24) is 5.32 Å². The van der Waals surface area contributed by atoms with Crippen molar-refractivity contribution in [3.8, 4) is 5.75 Å². The summed E-state index contributed by atoms with van der Waals surface area (Å²) in [5.74, 6) is -0.556. The number of Topliss-reactive ketones (excluding diaryl/α,β-unsaturated/α-hetero) is 1. The van der Waals surface area contributed by atoms with Crippen molar-refractivity contribution in [2.45, 2.75) is 25.6 Å². The first-order valence-corrected chi connectivity index (χ1v) is 7.99. The van der Waals surface area contributed by atoms with Gasteiger partial charge in [0.25, 0.3) is 0 Å². The average molecular weight is 365 g/mol. The number of hydrogen-bond acceptors (Lipinski definition) is 3. The van der Waals surface area contributed by atoms with Gasteiger partial charge in [0.1, 0.15) is 5.75 Å². The molecule has 4 nitrogen and oxygen atoms in total. The Bertz CT molecular complexity index is 743. The molecule has 0 bridgehead atoms. The van der Waals surface area contributed by atoms with Crippen molar-refractivity contribution in [2.75, 3.05) is 6.54 Å². The van der Waals surface area contributed by atoms with Crippen molar-refractivity contribution >= 4 is 11.7 Å². The van der Waals surface area contributed by atoms with Crippen molar-refractivity contribution in [3.05, 3.63) is 65.7 Å². The Hall–Kier alpha value is -2.83. The highest BCUT2D eigenvalue weighted by Crippen LogP contribution is 2.31. The second-order valence-electron chi connectivity index (χ2n) is 5.53. The number of amides is 1. The number of rotatable bonds is 7. The Labute approximate surface area is 149 Å². The lowest BCUT2D eigenvalue weighted by molar-refractivity contribution is -0.137. The topological polar surface area (TPSA) is 55.4 Å². The Morgan fingerprint density at radius 3 is 2.19 bits per heavy atom. The van der Waals surface area contributed by atoms with Crippen molar-refractivity contribution in [1.29, 1.82) is 0 Å². The lowest BCUT2D eigenvalue weighted by Crippen LogP contribution is -2.33. The number of carbonyl (C=O) groups excluding carboxylic acids is 2. The van der Waals surface area contributed by atoms with E-state index in [0.29, 0.717) is 5.56 Å². The van der Waals surface area contributed by atoms with E-state index in [-0.39, 0.29) is 24.6 Å². The van der Waals surface area contributed by atoms with Crippen LogP contribution in [0.25, 0.3) is 0 Å². The molecule has 0 aromatic heterocycles. The van der Waals surface area contributed by atoms with E-state index < -0.39 is 23.6 Å². The van der Waals surface area contributed by atoms with Crippen LogP contribution in [0.3, 0.4) is 0 Å². The summed E-state index contributed by atoms with van der Waals surface area (Å²) in [6.45, 7) is 1.43. The fourth-order valence-corrected chi connectivity index (χ4v) is 2.21. The maximum atomic E-state index is 12.6. The van der Waals surface area contributed by atoms with E-state index in [2.05, 4.69) is 5.32 Å². The summed E-state index contributed by atoms with van der Waals surface area (Å²) in [4.78, 5) is 23.8. The molecular weight excluding hydrogens is 347 g/mol. The van der Waals surface area contributed by atoms with Gasteiger partial charge >= 0.3 is 6.18 Å². The molecular formula is C19H18F3NO3. The monoisotopic (exact) mass is 365 g/mol. The molecule has 0 radical (unpaired) electrons. The van der Waals surface area contributed by atoms with Gasteiger partial charge in [-0.15, -0.1) is 0 Å². The van der Waals surface area contributed by atoms with E-state index in [1.807, 2.05) is 0 Å². The smallest absolute Gasteiger partial charge is 0.416 e. The molecule has 2 rings (SSSR count). The van der Waals surface area contributed by atoms with Gasteiger partial charge in [0.2, 0.25) is 5.91 Å². The van der Waals surface area contributed by atoms with Gasteiger partial charge in [-0.1, -0.05) is 37.3 Å². The highest BCUT2D eigenvalue weighted by Gasteiger charge is 2.30. The third-order valence-electron chi connectivity index (χ3n) is 3.61. The predicted octanol–water partition coefficient (Wildman–Crippen LogP) is 3.92. The Morgan fingerprint density at radius 1 is 1.04 bits per heavy atom. The van der Waals surface area contributed by atoms with Crippen LogP contribution >= 0.6 is 0 Å².